The quantitative estimate of drug-likeness (QED) is 0.287. The molecule has 0 aromatic heterocycles. The third kappa shape index (κ3) is 5.66. The Balaban J connectivity index is 1.37. The Kier molecular flexibility index (Phi) is 6.84. The maximum absolute atomic E-state index is 6.00. The van der Waals surface area contributed by atoms with Crippen LogP contribution in [0.3, 0.4) is 0 Å². The zero-order valence-electron chi connectivity index (χ0n) is 19.2. The number of hydrogen-bond acceptors (Lipinski definition) is 4. The summed E-state index contributed by atoms with van der Waals surface area (Å²) in [5, 5.41) is 0. The van der Waals surface area contributed by atoms with Gasteiger partial charge in [0.2, 0.25) is 0 Å². The summed E-state index contributed by atoms with van der Waals surface area (Å²) in [6.45, 7) is 4.17. The summed E-state index contributed by atoms with van der Waals surface area (Å²) in [4.78, 5) is 0. The van der Waals surface area contributed by atoms with Crippen molar-refractivity contribution in [3.05, 3.63) is 107 Å². The van der Waals surface area contributed by atoms with Crippen molar-refractivity contribution >= 4 is 11.4 Å². The molecular formula is C29H30N2O2. The van der Waals surface area contributed by atoms with Gasteiger partial charge < -0.3 is 20.9 Å². The van der Waals surface area contributed by atoms with Gasteiger partial charge in [0.05, 0.1) is 0 Å². The molecule has 33 heavy (non-hydrogen) atoms. The summed E-state index contributed by atoms with van der Waals surface area (Å²) in [6, 6.07) is 28.0. The molecular weight excluding hydrogens is 408 g/mol. The highest BCUT2D eigenvalue weighted by atomic mass is 16.5. The third-order valence-corrected chi connectivity index (χ3v) is 5.72. The van der Waals surface area contributed by atoms with E-state index in [2.05, 4.69) is 38.1 Å². The van der Waals surface area contributed by atoms with Gasteiger partial charge in [-0.3, -0.25) is 0 Å². The monoisotopic (exact) mass is 438 g/mol. The van der Waals surface area contributed by atoms with Crippen molar-refractivity contribution in [1.29, 1.82) is 0 Å². The molecule has 4 aromatic rings. The Bertz CT molecular complexity index is 1120. The van der Waals surface area contributed by atoms with E-state index >= 15 is 0 Å². The van der Waals surface area contributed by atoms with Gasteiger partial charge in [-0.15, -0.1) is 0 Å². The number of hydrogen-bond donors (Lipinski definition) is 2. The summed E-state index contributed by atoms with van der Waals surface area (Å²) in [5.41, 5.74) is 18.2. The highest BCUT2D eigenvalue weighted by Gasteiger charge is 2.05. The first-order valence-electron chi connectivity index (χ1n) is 11.3. The molecule has 0 saturated heterocycles. The molecule has 0 bridgehead atoms. The number of aryl methyl sites for hydroxylation is 2. The van der Waals surface area contributed by atoms with Crippen molar-refractivity contribution in [2.75, 3.05) is 11.5 Å². The molecule has 0 aliphatic carbocycles. The van der Waals surface area contributed by atoms with Crippen LogP contribution in [-0.2, 0) is 19.3 Å². The van der Waals surface area contributed by atoms with Gasteiger partial charge in [0.15, 0.2) is 0 Å². The molecule has 4 nitrogen and oxygen atoms in total. The number of nitrogens with two attached hydrogens (primary N) is 2. The first-order valence-corrected chi connectivity index (χ1v) is 11.3. The van der Waals surface area contributed by atoms with Crippen molar-refractivity contribution < 1.29 is 9.47 Å². The first-order chi connectivity index (χ1) is 16.0. The average molecular weight is 439 g/mol. The molecule has 4 rings (SSSR count). The third-order valence-electron chi connectivity index (χ3n) is 5.72. The lowest BCUT2D eigenvalue weighted by molar-refractivity contribution is 0.482. The van der Waals surface area contributed by atoms with Gasteiger partial charge in [-0.1, -0.05) is 38.1 Å². The lowest BCUT2D eigenvalue weighted by Crippen LogP contribution is -1.94. The van der Waals surface area contributed by atoms with Crippen molar-refractivity contribution in [3.8, 4) is 23.0 Å². The fourth-order valence-electron chi connectivity index (χ4n) is 3.76. The maximum Gasteiger partial charge on any atom is 0.127 e. The second kappa shape index (κ2) is 10.1. The van der Waals surface area contributed by atoms with E-state index in [-0.39, 0.29) is 0 Å². The minimum atomic E-state index is 0.802. The highest BCUT2D eigenvalue weighted by Crippen LogP contribution is 2.28. The van der Waals surface area contributed by atoms with Crippen molar-refractivity contribution in [1.82, 2.24) is 0 Å². The molecule has 0 radical (unpaired) electrons. The van der Waals surface area contributed by atoms with Gasteiger partial charge >= 0.3 is 0 Å². The van der Waals surface area contributed by atoms with Crippen molar-refractivity contribution in [2.24, 2.45) is 0 Å². The Hall–Kier alpha value is -3.92. The molecule has 0 atom stereocenters. The van der Waals surface area contributed by atoms with Crippen LogP contribution in [0.1, 0.15) is 36.1 Å². The molecule has 0 heterocycles. The van der Waals surface area contributed by atoms with Crippen LogP contribution in [0.15, 0.2) is 84.9 Å². The molecule has 4 aromatic carbocycles. The number of ether oxygens (including phenoxy) is 2. The summed E-state index contributed by atoms with van der Waals surface area (Å²) >= 11 is 0. The van der Waals surface area contributed by atoms with Crippen LogP contribution in [0, 0.1) is 0 Å². The highest BCUT2D eigenvalue weighted by molar-refractivity contribution is 5.52. The molecule has 0 aliphatic rings. The zero-order chi connectivity index (χ0) is 23.2. The van der Waals surface area contributed by atoms with E-state index in [1.54, 1.807) is 0 Å². The lowest BCUT2D eigenvalue weighted by Gasteiger charge is -2.11. The van der Waals surface area contributed by atoms with Crippen LogP contribution in [-0.4, -0.2) is 0 Å². The van der Waals surface area contributed by atoms with Gasteiger partial charge in [-0.2, -0.15) is 0 Å². The summed E-state index contributed by atoms with van der Waals surface area (Å²) < 4.78 is 12.0. The van der Waals surface area contributed by atoms with Crippen LogP contribution >= 0.6 is 0 Å². The Morgan fingerprint density at radius 3 is 1.24 bits per heavy atom. The predicted molar refractivity (Wildman–Crippen MR) is 136 cm³/mol. The van der Waals surface area contributed by atoms with E-state index in [1.165, 1.54) is 11.1 Å². The second-order valence-corrected chi connectivity index (χ2v) is 8.10. The molecule has 0 spiro atoms. The molecule has 168 valence electrons. The fraction of sp³-hybridized carbons (Fsp3) is 0.172. The van der Waals surface area contributed by atoms with E-state index in [0.29, 0.717) is 0 Å². The molecule has 0 fully saturated rings. The van der Waals surface area contributed by atoms with E-state index in [0.717, 1.165) is 64.8 Å². The minimum Gasteiger partial charge on any atom is -0.457 e. The van der Waals surface area contributed by atoms with Crippen molar-refractivity contribution in [2.45, 2.75) is 33.1 Å². The topological polar surface area (TPSA) is 70.5 Å². The standard InChI is InChI=1S/C29H30N2O2/c1-3-22-18-26(13-15-28(22)30)32-24-9-5-20(6-10-24)17-21-7-11-25(12-8-21)33-27-14-16-29(31)23(4-2)19-27/h5-16,18-19H,3-4,17,30-31H2,1-2H3. The molecule has 0 unspecified atom stereocenters. The summed E-state index contributed by atoms with van der Waals surface area (Å²) in [5.74, 6) is 3.22. The average Bonchev–Trinajstić information content (AvgIpc) is 2.84. The second-order valence-electron chi connectivity index (χ2n) is 8.10. The Morgan fingerprint density at radius 1 is 0.515 bits per heavy atom. The lowest BCUT2D eigenvalue weighted by atomic mass is 10.0. The van der Waals surface area contributed by atoms with E-state index < -0.39 is 0 Å². The maximum atomic E-state index is 6.00. The Morgan fingerprint density at radius 2 is 0.879 bits per heavy atom. The molecule has 4 N–H and O–H groups in total. The number of benzene rings is 4. The number of rotatable bonds is 8. The molecule has 0 saturated carbocycles. The predicted octanol–water partition coefficient (Wildman–Crippen LogP) is 7.15. The molecule has 0 aliphatic heterocycles. The van der Waals surface area contributed by atoms with E-state index in [4.69, 9.17) is 20.9 Å². The smallest absolute Gasteiger partial charge is 0.127 e. The summed E-state index contributed by atoms with van der Waals surface area (Å²) in [7, 11) is 0. The number of anilines is 2. The van der Waals surface area contributed by atoms with Crippen LogP contribution in [0.5, 0.6) is 23.0 Å². The van der Waals surface area contributed by atoms with Crippen LogP contribution in [0.25, 0.3) is 0 Å². The summed E-state index contributed by atoms with van der Waals surface area (Å²) in [6.07, 6.45) is 2.60. The molecule has 0 amide bonds. The number of nitrogen functional groups attached to an aromatic ring is 2. The van der Waals surface area contributed by atoms with Crippen LogP contribution < -0.4 is 20.9 Å². The largest absolute Gasteiger partial charge is 0.457 e. The first kappa shape index (κ1) is 22.3. The van der Waals surface area contributed by atoms with Gasteiger partial charge in [0, 0.05) is 11.4 Å². The van der Waals surface area contributed by atoms with E-state index in [9.17, 15) is 0 Å². The van der Waals surface area contributed by atoms with Gasteiger partial charge in [-0.25, -0.2) is 0 Å². The van der Waals surface area contributed by atoms with Crippen LogP contribution in [0.2, 0.25) is 0 Å². The van der Waals surface area contributed by atoms with Crippen LogP contribution in [0.4, 0.5) is 11.4 Å². The molecule has 4 heteroatoms. The van der Waals surface area contributed by atoms with Gasteiger partial charge in [-0.05, 0) is 102 Å². The van der Waals surface area contributed by atoms with Gasteiger partial charge in [0.1, 0.15) is 23.0 Å². The minimum absolute atomic E-state index is 0.802. The van der Waals surface area contributed by atoms with Gasteiger partial charge in [0.25, 0.3) is 0 Å². The normalized spacial score (nSPS) is 10.7. The Labute approximate surface area is 195 Å². The fourth-order valence-corrected chi connectivity index (χ4v) is 3.76. The zero-order valence-corrected chi connectivity index (χ0v) is 19.2. The SMILES string of the molecule is CCc1cc(Oc2ccc(Cc3ccc(Oc4ccc(N)c(CC)c4)cc3)cc2)ccc1N. The van der Waals surface area contributed by atoms with E-state index in [1.807, 2.05) is 60.7 Å². The van der Waals surface area contributed by atoms with Crippen molar-refractivity contribution in [3.63, 3.8) is 0 Å².